The molecule has 0 aliphatic carbocycles. The molecule has 3 nitrogen and oxygen atoms in total. The molecule has 0 bridgehead atoms. The first-order valence-corrected chi connectivity index (χ1v) is 4.72. The number of alkyl halides is 3. The Bertz CT molecular complexity index is 204. The zero-order chi connectivity index (χ0) is 12.1. The van der Waals surface area contributed by atoms with Crippen molar-refractivity contribution in [3.05, 3.63) is 0 Å². The molecule has 6 heteroatoms. The molecule has 0 rings (SSSR count). The van der Waals surface area contributed by atoms with E-state index in [-0.39, 0.29) is 6.61 Å². The Morgan fingerprint density at radius 2 is 1.93 bits per heavy atom. The Hall–Kier alpha value is -0.780. The second-order valence-electron chi connectivity index (χ2n) is 3.37. The van der Waals surface area contributed by atoms with Gasteiger partial charge in [0.15, 0.2) is 0 Å². The van der Waals surface area contributed by atoms with Gasteiger partial charge in [-0.15, -0.1) is 0 Å². The number of hydrogen-bond acceptors (Lipinski definition) is 2. The lowest BCUT2D eigenvalue weighted by molar-refractivity contribution is -0.167. The molecular formula is C9H16F3NO2. The van der Waals surface area contributed by atoms with E-state index in [1.165, 1.54) is 13.8 Å². The van der Waals surface area contributed by atoms with E-state index in [0.29, 0.717) is 6.61 Å². The average molecular weight is 227 g/mol. The van der Waals surface area contributed by atoms with Gasteiger partial charge in [0, 0.05) is 12.6 Å². The minimum Gasteiger partial charge on any atom is -0.372 e. The molecule has 0 aliphatic heterocycles. The van der Waals surface area contributed by atoms with Crippen molar-refractivity contribution in [3.8, 4) is 0 Å². The predicted octanol–water partition coefficient (Wildman–Crippen LogP) is 1.82. The first-order chi connectivity index (χ1) is 6.78. The van der Waals surface area contributed by atoms with E-state index in [1.54, 1.807) is 6.92 Å². The molecule has 0 aromatic rings. The van der Waals surface area contributed by atoms with Gasteiger partial charge in [0.05, 0.1) is 0 Å². The van der Waals surface area contributed by atoms with Crippen molar-refractivity contribution in [1.82, 2.24) is 4.90 Å². The van der Waals surface area contributed by atoms with Crippen LogP contribution in [0.15, 0.2) is 0 Å². The monoisotopic (exact) mass is 227 g/mol. The first kappa shape index (κ1) is 14.2. The number of ether oxygens (including phenoxy) is 1. The molecular weight excluding hydrogens is 211 g/mol. The SMILES string of the molecule is CCOCC(=O)N(CC(F)(F)F)C(C)C. The fraction of sp³-hybridized carbons (Fsp3) is 0.889. The van der Waals surface area contributed by atoms with Crippen LogP contribution in [0.1, 0.15) is 20.8 Å². The van der Waals surface area contributed by atoms with Gasteiger partial charge in [-0.05, 0) is 20.8 Å². The standard InChI is InChI=1S/C9H16F3NO2/c1-4-15-5-8(14)13(7(2)3)6-9(10,11)12/h7H,4-6H2,1-3H3. The van der Waals surface area contributed by atoms with Gasteiger partial charge in [-0.2, -0.15) is 13.2 Å². The third-order valence-electron chi connectivity index (χ3n) is 1.72. The molecule has 90 valence electrons. The Balaban J connectivity index is 4.33. The molecule has 0 unspecified atom stereocenters. The maximum Gasteiger partial charge on any atom is 0.406 e. The lowest BCUT2D eigenvalue weighted by atomic mass is 10.3. The smallest absolute Gasteiger partial charge is 0.372 e. The van der Waals surface area contributed by atoms with E-state index < -0.39 is 24.7 Å². The van der Waals surface area contributed by atoms with Gasteiger partial charge in [0.25, 0.3) is 0 Å². The van der Waals surface area contributed by atoms with Gasteiger partial charge in [0.2, 0.25) is 5.91 Å². The molecule has 0 N–H and O–H groups in total. The molecule has 0 spiro atoms. The van der Waals surface area contributed by atoms with E-state index >= 15 is 0 Å². The van der Waals surface area contributed by atoms with Gasteiger partial charge < -0.3 is 9.64 Å². The number of carbonyl (C=O) groups is 1. The number of hydrogen-bond donors (Lipinski definition) is 0. The van der Waals surface area contributed by atoms with Gasteiger partial charge in [-0.3, -0.25) is 4.79 Å². The van der Waals surface area contributed by atoms with Crippen molar-refractivity contribution in [1.29, 1.82) is 0 Å². The highest BCUT2D eigenvalue weighted by Gasteiger charge is 2.34. The molecule has 0 atom stereocenters. The molecule has 0 saturated carbocycles. The highest BCUT2D eigenvalue weighted by atomic mass is 19.4. The summed E-state index contributed by atoms with van der Waals surface area (Å²) >= 11 is 0. The van der Waals surface area contributed by atoms with Crippen molar-refractivity contribution in [3.63, 3.8) is 0 Å². The summed E-state index contributed by atoms with van der Waals surface area (Å²) in [5.74, 6) is -0.635. The predicted molar refractivity (Wildman–Crippen MR) is 49.4 cm³/mol. The lowest BCUT2D eigenvalue weighted by Gasteiger charge is -2.27. The number of amides is 1. The summed E-state index contributed by atoms with van der Waals surface area (Å²) in [4.78, 5) is 12.1. The number of nitrogens with zero attached hydrogens (tertiary/aromatic N) is 1. The van der Waals surface area contributed by atoms with Crippen molar-refractivity contribution in [2.75, 3.05) is 19.8 Å². The summed E-state index contributed by atoms with van der Waals surface area (Å²) in [5, 5.41) is 0. The largest absolute Gasteiger partial charge is 0.406 e. The molecule has 0 radical (unpaired) electrons. The Labute approximate surface area is 87.2 Å². The Morgan fingerprint density at radius 3 is 2.27 bits per heavy atom. The highest BCUT2D eigenvalue weighted by Crippen LogP contribution is 2.18. The fourth-order valence-corrected chi connectivity index (χ4v) is 1.02. The molecule has 0 saturated heterocycles. The lowest BCUT2D eigenvalue weighted by Crippen LogP contribution is -2.44. The van der Waals surface area contributed by atoms with Gasteiger partial charge in [0.1, 0.15) is 13.2 Å². The minimum absolute atomic E-state index is 0.301. The maximum atomic E-state index is 12.1. The Kier molecular flexibility index (Phi) is 5.64. The zero-order valence-electron chi connectivity index (χ0n) is 9.10. The Morgan fingerprint density at radius 1 is 1.40 bits per heavy atom. The normalized spacial score (nSPS) is 11.9. The number of halogens is 3. The summed E-state index contributed by atoms with van der Waals surface area (Å²) in [6, 6.07) is -0.486. The van der Waals surface area contributed by atoms with Crippen LogP contribution < -0.4 is 0 Å². The van der Waals surface area contributed by atoms with E-state index in [1.807, 2.05) is 0 Å². The zero-order valence-corrected chi connectivity index (χ0v) is 9.10. The van der Waals surface area contributed by atoms with Crippen LogP contribution in [0.5, 0.6) is 0 Å². The minimum atomic E-state index is -4.37. The van der Waals surface area contributed by atoms with E-state index in [4.69, 9.17) is 4.74 Å². The van der Waals surface area contributed by atoms with Gasteiger partial charge in [-0.1, -0.05) is 0 Å². The molecule has 0 aliphatic rings. The van der Waals surface area contributed by atoms with Crippen LogP contribution in [0.4, 0.5) is 13.2 Å². The van der Waals surface area contributed by atoms with Gasteiger partial charge >= 0.3 is 6.18 Å². The van der Waals surface area contributed by atoms with Gasteiger partial charge in [-0.25, -0.2) is 0 Å². The van der Waals surface area contributed by atoms with Crippen LogP contribution in [0.25, 0.3) is 0 Å². The number of carbonyl (C=O) groups excluding carboxylic acids is 1. The maximum absolute atomic E-state index is 12.1. The van der Waals surface area contributed by atoms with Crippen LogP contribution in [0.2, 0.25) is 0 Å². The van der Waals surface area contributed by atoms with Crippen LogP contribution in [0, 0.1) is 0 Å². The van der Waals surface area contributed by atoms with Crippen LogP contribution in [-0.2, 0) is 9.53 Å². The van der Waals surface area contributed by atoms with Crippen LogP contribution >= 0.6 is 0 Å². The summed E-state index contributed by atoms with van der Waals surface area (Å²) in [6.45, 7) is 3.53. The molecule has 0 aromatic heterocycles. The van der Waals surface area contributed by atoms with E-state index in [2.05, 4.69) is 0 Å². The molecule has 1 amide bonds. The topological polar surface area (TPSA) is 29.5 Å². The first-order valence-electron chi connectivity index (χ1n) is 4.72. The highest BCUT2D eigenvalue weighted by molar-refractivity contribution is 5.77. The quantitative estimate of drug-likeness (QED) is 0.717. The number of rotatable bonds is 5. The van der Waals surface area contributed by atoms with E-state index in [0.717, 1.165) is 4.90 Å². The summed E-state index contributed by atoms with van der Waals surface area (Å²) in [6.07, 6.45) is -4.37. The molecule has 15 heavy (non-hydrogen) atoms. The van der Waals surface area contributed by atoms with Crippen LogP contribution in [-0.4, -0.2) is 42.8 Å². The van der Waals surface area contributed by atoms with Crippen LogP contribution in [0.3, 0.4) is 0 Å². The van der Waals surface area contributed by atoms with Crippen molar-refractivity contribution < 1.29 is 22.7 Å². The summed E-state index contributed by atoms with van der Waals surface area (Å²) in [7, 11) is 0. The van der Waals surface area contributed by atoms with Crippen molar-refractivity contribution in [2.24, 2.45) is 0 Å². The third kappa shape index (κ3) is 6.33. The second kappa shape index (κ2) is 5.95. The summed E-state index contributed by atoms with van der Waals surface area (Å²) < 4.78 is 41.1. The average Bonchev–Trinajstić information content (AvgIpc) is 2.08. The van der Waals surface area contributed by atoms with Crippen molar-refractivity contribution >= 4 is 5.91 Å². The molecule has 0 aromatic carbocycles. The second-order valence-corrected chi connectivity index (χ2v) is 3.37. The fourth-order valence-electron chi connectivity index (χ4n) is 1.02. The molecule has 0 heterocycles. The molecule has 0 fully saturated rings. The summed E-state index contributed by atoms with van der Waals surface area (Å²) in [5.41, 5.74) is 0. The van der Waals surface area contributed by atoms with Crippen molar-refractivity contribution in [2.45, 2.75) is 33.0 Å². The third-order valence-corrected chi connectivity index (χ3v) is 1.72. The van der Waals surface area contributed by atoms with E-state index in [9.17, 15) is 18.0 Å².